The predicted molar refractivity (Wildman–Crippen MR) is 89.9 cm³/mol. The molecule has 2 aromatic rings. The molecule has 0 saturated carbocycles. The van der Waals surface area contributed by atoms with Crippen molar-refractivity contribution in [1.29, 1.82) is 0 Å². The molecule has 1 N–H and O–H groups in total. The molecule has 0 aliphatic rings. The Morgan fingerprint density at radius 3 is 2.25 bits per heavy atom. The lowest BCUT2D eigenvalue weighted by molar-refractivity contribution is -0.0893. The Morgan fingerprint density at radius 2 is 1.60 bits per heavy atom. The van der Waals surface area contributed by atoms with Crippen LogP contribution in [0.3, 0.4) is 0 Å². The highest BCUT2D eigenvalue weighted by molar-refractivity contribution is 9.10. The van der Waals surface area contributed by atoms with E-state index in [0.29, 0.717) is 7.48 Å². The van der Waals surface area contributed by atoms with Gasteiger partial charge in [0, 0.05) is 4.47 Å². The van der Waals surface area contributed by atoms with Crippen molar-refractivity contribution in [2.45, 2.75) is 38.9 Å². The monoisotopic (exact) mass is 334 g/mol. The molecule has 0 heterocycles. The number of hydrogen-bond acceptors (Lipinski definition) is 2. The van der Waals surface area contributed by atoms with E-state index >= 15 is 0 Å². The fourth-order valence-corrected chi connectivity index (χ4v) is 2.40. The van der Waals surface area contributed by atoms with Crippen LogP contribution in [-0.4, -0.2) is 23.8 Å². The summed E-state index contributed by atoms with van der Waals surface area (Å²) >= 11 is 3.57. The summed E-state index contributed by atoms with van der Waals surface area (Å²) in [6.45, 7) is 7.36. The van der Waals surface area contributed by atoms with Gasteiger partial charge in [0.05, 0.1) is 11.2 Å². The summed E-state index contributed by atoms with van der Waals surface area (Å²) in [5, 5.41) is 12.5. The fourth-order valence-electron chi connectivity index (χ4n) is 1.90. The summed E-state index contributed by atoms with van der Waals surface area (Å²) in [5.41, 5.74) is -0.375. The van der Waals surface area contributed by atoms with Gasteiger partial charge in [0.2, 0.25) is 0 Å². The molecule has 2 nitrogen and oxygen atoms in total. The van der Waals surface area contributed by atoms with Crippen LogP contribution in [0.25, 0.3) is 10.8 Å². The molecule has 0 unspecified atom stereocenters. The van der Waals surface area contributed by atoms with Crippen molar-refractivity contribution in [1.82, 2.24) is 0 Å². The van der Waals surface area contributed by atoms with E-state index in [4.69, 9.17) is 4.65 Å². The Hall–Kier alpha value is -0.835. The first kappa shape index (κ1) is 15.6. The lowest BCUT2D eigenvalue weighted by Crippen LogP contribution is -2.49. The van der Waals surface area contributed by atoms with Gasteiger partial charge in [-0.1, -0.05) is 46.3 Å². The first-order chi connectivity index (χ1) is 9.22. The fraction of sp³-hybridized carbons (Fsp3) is 0.375. The van der Waals surface area contributed by atoms with Crippen molar-refractivity contribution in [3.8, 4) is 0 Å². The number of rotatable bonds is 4. The Morgan fingerprint density at radius 1 is 1.00 bits per heavy atom. The van der Waals surface area contributed by atoms with E-state index in [0.717, 1.165) is 9.94 Å². The van der Waals surface area contributed by atoms with Gasteiger partial charge in [-0.15, -0.1) is 0 Å². The average Bonchev–Trinajstić information content (AvgIpc) is 2.35. The van der Waals surface area contributed by atoms with Crippen molar-refractivity contribution in [2.24, 2.45) is 0 Å². The van der Waals surface area contributed by atoms with E-state index in [1.165, 1.54) is 10.8 Å². The summed E-state index contributed by atoms with van der Waals surface area (Å²) in [5.74, 6) is 0. The van der Waals surface area contributed by atoms with Gasteiger partial charge in [-0.05, 0) is 50.0 Å². The van der Waals surface area contributed by atoms with Crippen molar-refractivity contribution < 1.29 is 9.76 Å². The lowest BCUT2D eigenvalue weighted by atomic mass is 9.80. The van der Waals surface area contributed by atoms with E-state index in [1.807, 2.05) is 32.0 Å². The summed E-state index contributed by atoms with van der Waals surface area (Å²) in [6, 6.07) is 12.3. The number of hydrogen-bond donors (Lipinski definition) is 1. The summed E-state index contributed by atoms with van der Waals surface area (Å²) < 4.78 is 7.04. The van der Waals surface area contributed by atoms with Crippen LogP contribution in [0, 0.1) is 0 Å². The van der Waals surface area contributed by atoms with Gasteiger partial charge in [0.1, 0.15) is 0 Å². The van der Waals surface area contributed by atoms with Crippen LogP contribution in [0.2, 0.25) is 0 Å². The number of halogens is 1. The molecule has 0 saturated heterocycles. The highest BCUT2D eigenvalue weighted by Crippen LogP contribution is 2.25. The smallest absolute Gasteiger partial charge is 0.310 e. The Balaban J connectivity index is 2.30. The van der Waals surface area contributed by atoms with Crippen LogP contribution in [-0.2, 0) is 4.65 Å². The van der Waals surface area contributed by atoms with Gasteiger partial charge < -0.3 is 9.76 Å². The molecule has 0 amide bonds. The molecule has 20 heavy (non-hydrogen) atoms. The van der Waals surface area contributed by atoms with E-state index in [9.17, 15) is 5.11 Å². The summed E-state index contributed by atoms with van der Waals surface area (Å²) in [7, 11) is 0.477. The number of fused-ring (bicyclic) bond motifs is 1. The van der Waals surface area contributed by atoms with Crippen LogP contribution in [0.4, 0.5) is 0 Å². The molecule has 0 spiro atoms. The van der Waals surface area contributed by atoms with Gasteiger partial charge in [0.15, 0.2) is 0 Å². The van der Waals surface area contributed by atoms with Gasteiger partial charge in [0.25, 0.3) is 0 Å². The minimum atomic E-state index is -0.891. The predicted octanol–water partition coefficient (Wildman–Crippen LogP) is 3.15. The second kappa shape index (κ2) is 5.51. The van der Waals surface area contributed by atoms with Crippen LogP contribution in [0.5, 0.6) is 0 Å². The van der Waals surface area contributed by atoms with Gasteiger partial charge in [-0.2, -0.15) is 0 Å². The van der Waals surface area contributed by atoms with Crippen molar-refractivity contribution in [3.05, 3.63) is 40.9 Å². The molecule has 0 aromatic heterocycles. The highest BCUT2D eigenvalue weighted by Gasteiger charge is 2.35. The third-order valence-electron chi connectivity index (χ3n) is 4.02. The topological polar surface area (TPSA) is 29.5 Å². The van der Waals surface area contributed by atoms with Crippen molar-refractivity contribution in [2.75, 3.05) is 0 Å². The first-order valence-electron chi connectivity index (χ1n) is 6.75. The van der Waals surface area contributed by atoms with Crippen LogP contribution in [0.15, 0.2) is 40.9 Å². The van der Waals surface area contributed by atoms with E-state index in [1.54, 1.807) is 13.8 Å². The zero-order valence-electron chi connectivity index (χ0n) is 12.4. The minimum Gasteiger partial charge on any atom is -0.427 e. The quantitative estimate of drug-likeness (QED) is 0.870. The molecule has 2 aromatic carbocycles. The Bertz CT molecular complexity index is 617. The minimum absolute atomic E-state index is 0.477. The number of aliphatic hydroxyl groups is 1. The zero-order valence-corrected chi connectivity index (χ0v) is 14.0. The summed E-state index contributed by atoms with van der Waals surface area (Å²) in [4.78, 5) is 0. The summed E-state index contributed by atoms with van der Waals surface area (Å²) in [6.07, 6.45) is 0. The second-order valence-electron chi connectivity index (χ2n) is 6.11. The molecule has 106 valence electrons. The van der Waals surface area contributed by atoms with E-state index in [2.05, 4.69) is 34.1 Å². The highest BCUT2D eigenvalue weighted by atomic mass is 79.9. The van der Waals surface area contributed by atoms with Gasteiger partial charge >= 0.3 is 7.48 Å². The van der Waals surface area contributed by atoms with E-state index < -0.39 is 11.2 Å². The maximum Gasteiger partial charge on any atom is 0.310 e. The van der Waals surface area contributed by atoms with Crippen LogP contribution >= 0.6 is 15.9 Å². The SMILES string of the molecule is CC(C)(O)C(C)(C)OBc1cccc2c(Br)cccc12. The number of benzene rings is 2. The first-order valence-corrected chi connectivity index (χ1v) is 7.54. The zero-order chi connectivity index (χ0) is 15.0. The van der Waals surface area contributed by atoms with Gasteiger partial charge in [-0.25, -0.2) is 0 Å². The van der Waals surface area contributed by atoms with E-state index in [-0.39, 0.29) is 0 Å². The standard InChI is InChI=1S/C16H20BBrO2/c1-15(2,19)16(3,4)20-17-13-9-5-8-12-11(13)7-6-10-14(12)18/h5-10,17,19H,1-4H3. The molecular weight excluding hydrogens is 315 g/mol. The molecule has 0 aliphatic carbocycles. The van der Waals surface area contributed by atoms with Crippen LogP contribution in [0.1, 0.15) is 27.7 Å². The molecule has 4 heteroatoms. The molecular formula is C16H20BBrO2. The molecule has 0 aliphatic heterocycles. The van der Waals surface area contributed by atoms with Crippen molar-refractivity contribution >= 4 is 39.6 Å². The van der Waals surface area contributed by atoms with Crippen molar-refractivity contribution in [3.63, 3.8) is 0 Å². The molecule has 0 radical (unpaired) electrons. The maximum atomic E-state index is 10.1. The normalized spacial score (nSPS) is 12.7. The molecule has 0 bridgehead atoms. The molecule has 0 fully saturated rings. The van der Waals surface area contributed by atoms with Gasteiger partial charge in [-0.3, -0.25) is 0 Å². The molecule has 0 atom stereocenters. The molecule has 2 rings (SSSR count). The largest absolute Gasteiger partial charge is 0.427 e. The lowest BCUT2D eigenvalue weighted by Gasteiger charge is -2.37. The second-order valence-corrected chi connectivity index (χ2v) is 6.96. The Labute approximate surface area is 129 Å². The Kier molecular flexibility index (Phi) is 4.28. The maximum absolute atomic E-state index is 10.1. The third-order valence-corrected chi connectivity index (χ3v) is 4.71. The average molecular weight is 335 g/mol. The third kappa shape index (κ3) is 3.08. The van der Waals surface area contributed by atoms with Crippen LogP contribution < -0.4 is 5.46 Å².